The minimum absolute atomic E-state index is 0.176. The summed E-state index contributed by atoms with van der Waals surface area (Å²) in [4.78, 5) is -1.63. The monoisotopic (exact) mass is 359 g/mol. The molecule has 2 N–H and O–H groups in total. The molecule has 27 heavy (non-hydrogen) atoms. The molecule has 1 atom stereocenters. The summed E-state index contributed by atoms with van der Waals surface area (Å²) >= 11 is 0. The van der Waals surface area contributed by atoms with E-state index in [2.05, 4.69) is 0 Å². The van der Waals surface area contributed by atoms with Crippen LogP contribution in [0.2, 0.25) is 0 Å². The van der Waals surface area contributed by atoms with Crippen molar-refractivity contribution < 1.29 is 4.81 Å². The molecule has 0 heterocycles. The molecule has 0 aliphatic rings. The Morgan fingerprint density at radius 3 is 1.81 bits per heavy atom. The molecule has 3 rings (SSSR count). The quantitative estimate of drug-likeness (QED) is 0.370. The molecule has 0 aliphatic heterocycles. The van der Waals surface area contributed by atoms with Gasteiger partial charge in [-0.2, -0.15) is 0 Å². The Bertz CT molecular complexity index is 847. The first-order valence-electron chi connectivity index (χ1n) is 8.93. The summed E-state index contributed by atoms with van der Waals surface area (Å²) in [5, 5.41) is 25.5. The van der Waals surface area contributed by atoms with Gasteiger partial charge in [0.15, 0.2) is 0 Å². The lowest BCUT2D eigenvalue weighted by Gasteiger charge is -2.51. The fourth-order valence-electron chi connectivity index (χ4n) is 3.02. The maximum absolute atomic E-state index is 12.8. The first-order chi connectivity index (χ1) is 13.0. The average Bonchev–Trinajstić information content (AvgIpc) is 2.70. The predicted molar refractivity (Wildman–Crippen MR) is 111 cm³/mol. The number of nitrogen functional groups attached to an aromatic ring is 1. The maximum atomic E-state index is 12.8. The summed E-state index contributed by atoms with van der Waals surface area (Å²) in [7, 11) is 0. The van der Waals surface area contributed by atoms with Crippen LogP contribution in [-0.4, -0.2) is 11.4 Å². The van der Waals surface area contributed by atoms with Gasteiger partial charge in [0.2, 0.25) is 0 Å². The molecule has 0 saturated heterocycles. The second kappa shape index (κ2) is 8.18. The lowest BCUT2D eigenvalue weighted by atomic mass is 9.97. The highest BCUT2D eigenvalue weighted by Crippen LogP contribution is 2.29. The highest BCUT2D eigenvalue weighted by molar-refractivity contribution is 5.79. The molecule has 0 bridgehead atoms. The van der Waals surface area contributed by atoms with Crippen molar-refractivity contribution in [2.45, 2.75) is 13.0 Å². The molecular weight excluding hydrogens is 336 g/mol. The van der Waals surface area contributed by atoms with E-state index in [1.54, 1.807) is 37.3 Å². The van der Waals surface area contributed by atoms with Crippen molar-refractivity contribution in [1.29, 1.82) is 0 Å². The van der Waals surface area contributed by atoms with E-state index in [4.69, 9.17) is 5.73 Å². The molecule has 0 spiro atoms. The molecule has 4 heteroatoms. The van der Waals surface area contributed by atoms with E-state index in [9.17, 15) is 10.4 Å². The zero-order valence-electron chi connectivity index (χ0n) is 15.3. The van der Waals surface area contributed by atoms with Crippen molar-refractivity contribution in [3.8, 4) is 0 Å². The van der Waals surface area contributed by atoms with Crippen molar-refractivity contribution in [1.82, 2.24) is 0 Å². The van der Waals surface area contributed by atoms with Crippen LogP contribution in [0, 0.1) is 10.4 Å². The summed E-state index contributed by atoms with van der Waals surface area (Å²) in [5.74, 6) is 0. The van der Waals surface area contributed by atoms with E-state index in [1.165, 1.54) is 0 Å². The third kappa shape index (κ3) is 4.63. The fraction of sp³-hybridized carbons (Fsp3) is 0.130. The minimum atomic E-state index is -1.63. The van der Waals surface area contributed by atoms with Crippen molar-refractivity contribution in [3.05, 3.63) is 118 Å². The SMILES string of the molecule is C[C@H](c1ccc(N)cc1)[N+]([O-])([O-])CC=C(c1ccccc1)c1ccccc1. The third-order valence-electron chi connectivity index (χ3n) is 4.73. The van der Waals surface area contributed by atoms with Crippen molar-refractivity contribution in [3.63, 3.8) is 0 Å². The summed E-state index contributed by atoms with van der Waals surface area (Å²) in [6.07, 6.45) is 1.75. The van der Waals surface area contributed by atoms with Crippen LogP contribution in [0.5, 0.6) is 0 Å². The van der Waals surface area contributed by atoms with E-state index in [1.807, 2.05) is 60.7 Å². The van der Waals surface area contributed by atoms with Gasteiger partial charge in [-0.15, -0.1) is 0 Å². The molecule has 0 unspecified atom stereocenters. The van der Waals surface area contributed by atoms with Gasteiger partial charge in [-0.05, 0) is 41.8 Å². The summed E-state index contributed by atoms with van der Waals surface area (Å²) in [6.45, 7) is 1.48. The molecule has 0 saturated carbocycles. The smallest absolute Gasteiger partial charge is 0.111 e. The predicted octanol–water partition coefficient (Wildman–Crippen LogP) is 5.27. The summed E-state index contributed by atoms with van der Waals surface area (Å²) in [5.41, 5.74) is 9.82. The minimum Gasteiger partial charge on any atom is -0.631 e. The molecule has 4 nitrogen and oxygen atoms in total. The molecule has 0 aliphatic carbocycles. The third-order valence-corrected chi connectivity index (χ3v) is 4.73. The first-order valence-corrected chi connectivity index (χ1v) is 8.93. The zero-order chi connectivity index (χ0) is 19.3. The second-order valence-corrected chi connectivity index (χ2v) is 6.60. The Morgan fingerprint density at radius 2 is 1.33 bits per heavy atom. The number of benzene rings is 3. The molecule has 3 aromatic rings. The van der Waals surface area contributed by atoms with E-state index in [-0.39, 0.29) is 6.54 Å². The number of hydrogen-bond donors (Lipinski definition) is 1. The number of hydroxylamine groups is 4. The summed E-state index contributed by atoms with van der Waals surface area (Å²) in [6, 6.07) is 25.7. The Kier molecular flexibility index (Phi) is 5.72. The van der Waals surface area contributed by atoms with Crippen LogP contribution in [-0.2, 0) is 0 Å². The van der Waals surface area contributed by atoms with Crippen molar-refractivity contribution >= 4 is 11.3 Å². The average molecular weight is 359 g/mol. The van der Waals surface area contributed by atoms with Crippen LogP contribution in [0.1, 0.15) is 29.7 Å². The number of nitrogens with two attached hydrogens (primary N) is 1. The molecule has 138 valence electrons. The lowest BCUT2D eigenvalue weighted by Crippen LogP contribution is -2.38. The molecule has 3 aromatic carbocycles. The number of rotatable bonds is 6. The Hall–Kier alpha value is -2.92. The van der Waals surface area contributed by atoms with Gasteiger partial charge in [-0.25, -0.2) is 0 Å². The van der Waals surface area contributed by atoms with Gasteiger partial charge in [0.05, 0.1) is 6.54 Å². The number of anilines is 1. The topological polar surface area (TPSA) is 72.1 Å². The maximum Gasteiger partial charge on any atom is 0.111 e. The van der Waals surface area contributed by atoms with Gasteiger partial charge in [-0.3, -0.25) is 0 Å². The number of nitrogens with zero attached hydrogens (tertiary/aromatic N) is 1. The number of hydrogen-bond acceptors (Lipinski definition) is 3. The Balaban J connectivity index is 1.90. The van der Waals surface area contributed by atoms with Crippen LogP contribution in [0.25, 0.3) is 5.57 Å². The Morgan fingerprint density at radius 1 is 0.852 bits per heavy atom. The zero-order valence-corrected chi connectivity index (χ0v) is 15.3. The Labute approximate surface area is 159 Å². The van der Waals surface area contributed by atoms with Crippen LogP contribution < -0.4 is 5.73 Å². The van der Waals surface area contributed by atoms with E-state index >= 15 is 0 Å². The first kappa shape index (κ1) is 18.9. The van der Waals surface area contributed by atoms with E-state index in [0.29, 0.717) is 11.3 Å². The van der Waals surface area contributed by atoms with Gasteiger partial charge in [0.1, 0.15) is 6.04 Å². The van der Waals surface area contributed by atoms with Crippen LogP contribution >= 0.6 is 0 Å². The van der Waals surface area contributed by atoms with Crippen LogP contribution in [0.15, 0.2) is 91.0 Å². The highest BCUT2D eigenvalue weighted by atomic mass is 16.8. The van der Waals surface area contributed by atoms with Crippen molar-refractivity contribution in [2.24, 2.45) is 0 Å². The van der Waals surface area contributed by atoms with Crippen LogP contribution in [0.4, 0.5) is 5.69 Å². The van der Waals surface area contributed by atoms with Crippen molar-refractivity contribution in [2.75, 3.05) is 12.3 Å². The van der Waals surface area contributed by atoms with Gasteiger partial charge in [-0.1, -0.05) is 72.8 Å². The lowest BCUT2D eigenvalue weighted by molar-refractivity contribution is -0.855. The van der Waals surface area contributed by atoms with E-state index < -0.39 is 10.9 Å². The fourth-order valence-corrected chi connectivity index (χ4v) is 3.02. The van der Waals surface area contributed by atoms with Crippen LogP contribution in [0.3, 0.4) is 0 Å². The van der Waals surface area contributed by atoms with E-state index in [0.717, 1.165) is 16.7 Å². The van der Waals surface area contributed by atoms with Gasteiger partial charge >= 0.3 is 0 Å². The largest absolute Gasteiger partial charge is 0.631 e. The molecule has 0 fully saturated rings. The standard InChI is InChI=1S/C23H23N2O2/c1-18(19-12-14-22(24)15-13-19)25(26,27)17-16-23(20-8-4-2-5-9-20)21-10-6-3-7-11-21/h2-16,18H,17,24H2,1H3/q-1/t18-/m1/s1. The molecule has 0 amide bonds. The second-order valence-electron chi connectivity index (χ2n) is 6.60. The summed E-state index contributed by atoms with van der Waals surface area (Å²) < 4.78 is 0. The van der Waals surface area contributed by atoms with Gasteiger partial charge in [0, 0.05) is 11.3 Å². The normalized spacial score (nSPS) is 12.4. The molecule has 0 aromatic heterocycles. The van der Waals surface area contributed by atoms with Gasteiger partial charge in [0.25, 0.3) is 0 Å². The highest BCUT2D eigenvalue weighted by Gasteiger charge is 2.18. The molecule has 0 radical (unpaired) electrons. The van der Waals surface area contributed by atoms with Gasteiger partial charge < -0.3 is 21.0 Å². The molecular formula is C23H23N2O2-. The number of quaternary nitrogens is 1.